The smallest absolute Gasteiger partial charge is 0.257 e. The molecular weight excluding hydrogens is 436 g/mol. The first-order chi connectivity index (χ1) is 15.8. The van der Waals surface area contributed by atoms with Gasteiger partial charge >= 0.3 is 0 Å². The summed E-state index contributed by atoms with van der Waals surface area (Å²) in [7, 11) is 3.41. The summed E-state index contributed by atoms with van der Waals surface area (Å²) < 4.78 is 0. The van der Waals surface area contributed by atoms with E-state index in [0.29, 0.717) is 12.0 Å². The van der Waals surface area contributed by atoms with Crippen molar-refractivity contribution < 1.29 is 9.59 Å². The first kappa shape index (κ1) is 24.0. The van der Waals surface area contributed by atoms with E-state index in [1.807, 2.05) is 50.7 Å². The molecule has 0 fully saturated rings. The van der Waals surface area contributed by atoms with Crippen molar-refractivity contribution in [1.29, 1.82) is 5.26 Å². The lowest BCUT2D eigenvalue weighted by atomic mass is 10.0. The van der Waals surface area contributed by atoms with Gasteiger partial charge in [-0.2, -0.15) is 5.26 Å². The first-order valence-corrected chi connectivity index (χ1v) is 11.5. The summed E-state index contributed by atoms with van der Waals surface area (Å²) in [6.07, 6.45) is 8.36. The number of likely N-dealkylation sites (N-methyl/N-ethyl adjacent to an activating group) is 2. The molecule has 2 aromatic rings. The number of amides is 2. The van der Waals surface area contributed by atoms with Crippen LogP contribution in [0.4, 0.5) is 5.13 Å². The zero-order chi connectivity index (χ0) is 24.0. The average Bonchev–Trinajstić information content (AvgIpc) is 3.27. The van der Waals surface area contributed by atoms with E-state index in [1.165, 1.54) is 18.4 Å². The lowest BCUT2D eigenvalue weighted by Gasteiger charge is -2.21. The van der Waals surface area contributed by atoms with Gasteiger partial charge in [-0.15, -0.1) is 11.3 Å². The van der Waals surface area contributed by atoms with Gasteiger partial charge in [-0.25, -0.2) is 4.98 Å². The van der Waals surface area contributed by atoms with Crippen LogP contribution in [0.15, 0.2) is 53.7 Å². The van der Waals surface area contributed by atoms with Crippen LogP contribution in [0.5, 0.6) is 0 Å². The minimum Gasteiger partial charge on any atom is -0.377 e. The molecule has 1 aliphatic rings. The fourth-order valence-electron chi connectivity index (χ4n) is 3.27. The number of aromatic nitrogens is 1. The van der Waals surface area contributed by atoms with Crippen molar-refractivity contribution in [2.24, 2.45) is 5.92 Å². The lowest BCUT2D eigenvalue weighted by molar-refractivity contribution is -0.129. The highest BCUT2D eigenvalue weighted by Crippen LogP contribution is 2.26. The number of anilines is 1. The van der Waals surface area contributed by atoms with E-state index in [0.717, 1.165) is 33.5 Å². The van der Waals surface area contributed by atoms with Gasteiger partial charge in [0.1, 0.15) is 6.04 Å². The molecule has 3 rings (SSSR count). The number of nitriles is 1. The highest BCUT2D eigenvalue weighted by Gasteiger charge is 2.25. The van der Waals surface area contributed by atoms with Gasteiger partial charge in [0.25, 0.3) is 11.8 Å². The number of carbonyl (C=O) groups excluding carboxylic acids is 2. The van der Waals surface area contributed by atoms with E-state index in [-0.39, 0.29) is 11.8 Å². The highest BCUT2D eigenvalue weighted by molar-refractivity contribution is 7.14. The fraction of sp³-hybridized carbons (Fsp3) is 0.333. The number of thiazole rings is 1. The number of carbonyl (C=O) groups is 2. The van der Waals surface area contributed by atoms with Crippen molar-refractivity contribution in [2.45, 2.75) is 26.3 Å². The van der Waals surface area contributed by atoms with E-state index in [4.69, 9.17) is 5.26 Å². The maximum absolute atomic E-state index is 12.7. The largest absolute Gasteiger partial charge is 0.377 e. The van der Waals surface area contributed by atoms with Gasteiger partial charge in [-0.3, -0.25) is 14.5 Å². The maximum Gasteiger partial charge on any atom is 0.257 e. The van der Waals surface area contributed by atoms with Gasteiger partial charge in [0.2, 0.25) is 0 Å². The van der Waals surface area contributed by atoms with Crippen LogP contribution in [0.25, 0.3) is 11.3 Å². The van der Waals surface area contributed by atoms with Gasteiger partial charge in [0, 0.05) is 49.0 Å². The van der Waals surface area contributed by atoms with Gasteiger partial charge in [-0.05, 0) is 36.6 Å². The second kappa shape index (κ2) is 10.8. The lowest BCUT2D eigenvalue weighted by Crippen LogP contribution is -2.46. The Bertz CT molecular complexity index is 1100. The molecule has 9 heteroatoms. The predicted octanol–water partition coefficient (Wildman–Crippen LogP) is 3.65. The number of allylic oxidation sites excluding steroid dienone is 1. The number of benzene rings is 1. The molecule has 2 heterocycles. The highest BCUT2D eigenvalue weighted by atomic mass is 32.1. The Morgan fingerprint density at radius 2 is 2.03 bits per heavy atom. The van der Waals surface area contributed by atoms with Gasteiger partial charge < -0.3 is 15.5 Å². The third kappa shape index (κ3) is 6.43. The number of nitrogens with one attached hydrogen (secondary N) is 2. The molecule has 0 unspecified atom stereocenters. The SMILES string of the molecule is CC(C)C[C@H](NC(=O)c1ccc(-c2csc(NC3=CCN(C)C=C3)n2)cc1)C(=O)N(C)C#N. The van der Waals surface area contributed by atoms with Crippen molar-refractivity contribution in [2.75, 3.05) is 26.0 Å². The third-order valence-corrected chi connectivity index (χ3v) is 5.85. The summed E-state index contributed by atoms with van der Waals surface area (Å²) in [5.74, 6) is -0.594. The summed E-state index contributed by atoms with van der Waals surface area (Å²) in [5.41, 5.74) is 3.15. The summed E-state index contributed by atoms with van der Waals surface area (Å²) in [5, 5.41) is 17.9. The number of nitrogens with zero attached hydrogens (tertiary/aromatic N) is 4. The Morgan fingerprint density at radius 1 is 1.30 bits per heavy atom. The van der Waals surface area contributed by atoms with Crippen LogP contribution < -0.4 is 10.6 Å². The van der Waals surface area contributed by atoms with Crippen LogP contribution in [0, 0.1) is 17.4 Å². The minimum atomic E-state index is -0.753. The van der Waals surface area contributed by atoms with Crippen LogP contribution in [-0.2, 0) is 4.79 Å². The van der Waals surface area contributed by atoms with Gasteiger partial charge in [0.05, 0.1) is 5.69 Å². The van der Waals surface area contributed by atoms with Crippen LogP contribution in [0.3, 0.4) is 0 Å². The second-order valence-corrected chi connectivity index (χ2v) is 9.17. The standard InChI is InChI=1S/C24H28N6O2S/c1-16(2)13-20(23(32)30(4)15-25)27-22(31)18-7-5-17(6-8-18)21-14-33-24(28-21)26-19-9-11-29(3)12-10-19/h5-11,14,16,20H,12-13H2,1-4H3,(H,26,28)(H,27,31)/t20-/m0/s1. The number of hydrogen-bond donors (Lipinski definition) is 2. The third-order valence-electron chi connectivity index (χ3n) is 5.10. The zero-order valence-electron chi connectivity index (χ0n) is 19.2. The fourth-order valence-corrected chi connectivity index (χ4v) is 4.01. The molecule has 0 spiro atoms. The van der Waals surface area contributed by atoms with Crippen molar-refractivity contribution in [3.8, 4) is 17.5 Å². The molecular formula is C24H28N6O2S. The zero-order valence-corrected chi connectivity index (χ0v) is 20.0. The second-order valence-electron chi connectivity index (χ2n) is 8.31. The van der Waals surface area contributed by atoms with Crippen LogP contribution in [-0.4, -0.2) is 53.3 Å². The Balaban J connectivity index is 1.66. The molecule has 2 amide bonds. The average molecular weight is 465 g/mol. The van der Waals surface area contributed by atoms with Gasteiger partial charge in [-0.1, -0.05) is 26.0 Å². The Hall–Kier alpha value is -3.64. The molecule has 172 valence electrons. The topological polar surface area (TPSA) is 101 Å². The molecule has 0 saturated carbocycles. The normalized spacial score (nSPS) is 13.8. The van der Waals surface area contributed by atoms with E-state index in [9.17, 15) is 9.59 Å². The summed E-state index contributed by atoms with van der Waals surface area (Å²) in [6, 6.07) is 6.35. The van der Waals surface area contributed by atoms with Crippen molar-refractivity contribution >= 4 is 28.3 Å². The summed E-state index contributed by atoms with van der Waals surface area (Å²) >= 11 is 1.51. The Labute approximate surface area is 198 Å². The molecule has 0 radical (unpaired) electrons. The Kier molecular flexibility index (Phi) is 7.85. The summed E-state index contributed by atoms with van der Waals surface area (Å²) in [6.45, 7) is 4.77. The van der Waals surface area contributed by atoms with Crippen molar-refractivity contribution in [1.82, 2.24) is 20.1 Å². The molecule has 1 aromatic heterocycles. The minimum absolute atomic E-state index is 0.182. The number of hydrogen-bond acceptors (Lipinski definition) is 7. The van der Waals surface area contributed by atoms with E-state index in [2.05, 4.69) is 26.6 Å². The number of rotatable bonds is 8. The summed E-state index contributed by atoms with van der Waals surface area (Å²) in [4.78, 5) is 32.9. The van der Waals surface area contributed by atoms with E-state index in [1.54, 1.807) is 18.3 Å². The van der Waals surface area contributed by atoms with Crippen molar-refractivity contribution in [3.05, 3.63) is 59.3 Å². The monoisotopic (exact) mass is 464 g/mol. The van der Waals surface area contributed by atoms with E-state index < -0.39 is 11.9 Å². The molecule has 0 bridgehead atoms. The molecule has 2 N–H and O–H groups in total. The molecule has 1 atom stereocenters. The predicted molar refractivity (Wildman–Crippen MR) is 130 cm³/mol. The molecule has 1 aromatic carbocycles. The molecule has 8 nitrogen and oxygen atoms in total. The molecule has 1 aliphatic heterocycles. The van der Waals surface area contributed by atoms with Gasteiger partial charge in [0.15, 0.2) is 11.3 Å². The molecule has 0 saturated heterocycles. The quantitative estimate of drug-likeness (QED) is 0.457. The van der Waals surface area contributed by atoms with Crippen LogP contribution in [0.2, 0.25) is 0 Å². The Morgan fingerprint density at radius 3 is 2.64 bits per heavy atom. The van der Waals surface area contributed by atoms with E-state index >= 15 is 0 Å². The molecule has 33 heavy (non-hydrogen) atoms. The first-order valence-electron chi connectivity index (χ1n) is 10.7. The maximum atomic E-state index is 12.7. The van der Waals surface area contributed by atoms with Crippen LogP contribution >= 0.6 is 11.3 Å². The van der Waals surface area contributed by atoms with Crippen LogP contribution in [0.1, 0.15) is 30.6 Å². The molecule has 0 aliphatic carbocycles. The van der Waals surface area contributed by atoms with Crippen molar-refractivity contribution in [3.63, 3.8) is 0 Å².